The van der Waals surface area contributed by atoms with E-state index in [9.17, 15) is 9.90 Å². The monoisotopic (exact) mass is 342 g/mol. The van der Waals surface area contributed by atoms with Gasteiger partial charge in [0, 0.05) is 6.04 Å². The molecule has 0 saturated heterocycles. The molecule has 0 aliphatic rings. The van der Waals surface area contributed by atoms with Gasteiger partial charge in [0.05, 0.1) is 11.7 Å². The SMILES string of the molecule is CCCCCCCCCCCC(C)NC(CCN=C=S)C(=O)O. The summed E-state index contributed by atoms with van der Waals surface area (Å²) in [5.41, 5.74) is 0. The molecule has 2 atom stereocenters. The van der Waals surface area contributed by atoms with E-state index in [0.29, 0.717) is 13.0 Å². The third-order valence-corrected chi connectivity index (χ3v) is 4.25. The number of hydrogen-bond donors (Lipinski definition) is 2. The highest BCUT2D eigenvalue weighted by atomic mass is 32.1. The van der Waals surface area contributed by atoms with Gasteiger partial charge in [0.2, 0.25) is 0 Å². The quantitative estimate of drug-likeness (QED) is 0.239. The van der Waals surface area contributed by atoms with Gasteiger partial charge in [-0.3, -0.25) is 4.79 Å². The molecular weight excluding hydrogens is 308 g/mol. The second kappa shape index (κ2) is 16.1. The molecule has 0 spiro atoms. The van der Waals surface area contributed by atoms with Crippen molar-refractivity contribution >= 4 is 23.3 Å². The predicted molar refractivity (Wildman–Crippen MR) is 100 cm³/mol. The fourth-order valence-corrected chi connectivity index (χ4v) is 2.80. The van der Waals surface area contributed by atoms with Gasteiger partial charge in [-0.15, -0.1) is 0 Å². The van der Waals surface area contributed by atoms with Crippen molar-refractivity contribution in [3.63, 3.8) is 0 Å². The molecule has 0 aliphatic carbocycles. The lowest BCUT2D eigenvalue weighted by atomic mass is 10.0. The summed E-state index contributed by atoms with van der Waals surface area (Å²) in [5.74, 6) is -0.816. The second-order valence-corrected chi connectivity index (χ2v) is 6.52. The van der Waals surface area contributed by atoms with E-state index in [4.69, 9.17) is 0 Å². The van der Waals surface area contributed by atoms with Gasteiger partial charge < -0.3 is 10.4 Å². The molecule has 2 unspecified atom stereocenters. The lowest BCUT2D eigenvalue weighted by Crippen LogP contribution is -2.42. The number of hydrogen-bond acceptors (Lipinski definition) is 4. The van der Waals surface area contributed by atoms with Crippen LogP contribution in [0.25, 0.3) is 0 Å². The lowest BCUT2D eigenvalue weighted by molar-refractivity contribution is -0.139. The van der Waals surface area contributed by atoms with Gasteiger partial charge in [-0.05, 0) is 32.0 Å². The summed E-state index contributed by atoms with van der Waals surface area (Å²) in [6.07, 6.45) is 13.3. The zero-order chi connectivity index (χ0) is 17.3. The van der Waals surface area contributed by atoms with Crippen LogP contribution in [0.3, 0.4) is 0 Å². The van der Waals surface area contributed by atoms with Crippen LogP contribution in [0.4, 0.5) is 0 Å². The number of isothiocyanates is 1. The van der Waals surface area contributed by atoms with E-state index in [1.807, 2.05) is 0 Å². The fourth-order valence-electron chi connectivity index (χ4n) is 2.71. The first-order valence-corrected chi connectivity index (χ1v) is 9.55. The summed E-state index contributed by atoms with van der Waals surface area (Å²) >= 11 is 4.49. The normalized spacial score (nSPS) is 13.3. The Morgan fingerprint density at radius 1 is 1.09 bits per heavy atom. The topological polar surface area (TPSA) is 61.7 Å². The third-order valence-electron chi connectivity index (χ3n) is 4.12. The van der Waals surface area contributed by atoms with Crippen molar-refractivity contribution in [2.24, 2.45) is 4.99 Å². The molecule has 0 aromatic carbocycles. The minimum absolute atomic E-state index is 0.220. The summed E-state index contributed by atoms with van der Waals surface area (Å²) in [4.78, 5) is 15.0. The van der Waals surface area contributed by atoms with Crippen LogP contribution in [-0.2, 0) is 4.79 Å². The molecule has 0 bridgehead atoms. The maximum atomic E-state index is 11.2. The first-order chi connectivity index (χ1) is 11.1. The number of unbranched alkanes of at least 4 members (excludes halogenated alkanes) is 8. The van der Waals surface area contributed by atoms with Gasteiger partial charge in [0.1, 0.15) is 6.04 Å². The Hall–Kier alpha value is -0.770. The average Bonchev–Trinajstić information content (AvgIpc) is 2.52. The van der Waals surface area contributed by atoms with E-state index >= 15 is 0 Å². The smallest absolute Gasteiger partial charge is 0.320 e. The molecule has 0 rings (SSSR count). The van der Waals surface area contributed by atoms with Crippen LogP contribution in [0, 0.1) is 0 Å². The zero-order valence-electron chi connectivity index (χ0n) is 14.9. The maximum absolute atomic E-state index is 11.2. The van der Waals surface area contributed by atoms with E-state index in [-0.39, 0.29) is 6.04 Å². The standard InChI is InChI=1S/C18H34N2O2S/c1-3-4-5-6-7-8-9-10-11-12-16(2)20-17(18(21)22)13-14-19-15-23/h16-17,20H,3-14H2,1-2H3,(H,21,22). The Labute approximate surface area is 147 Å². The van der Waals surface area contributed by atoms with E-state index in [2.05, 4.69) is 41.5 Å². The Kier molecular flexibility index (Phi) is 15.6. The van der Waals surface area contributed by atoms with Crippen LogP contribution in [0.15, 0.2) is 4.99 Å². The number of aliphatic carboxylic acids is 1. The molecule has 0 fully saturated rings. The number of carboxylic acids is 1. The summed E-state index contributed by atoms with van der Waals surface area (Å²) in [6, 6.07) is -0.326. The molecule has 23 heavy (non-hydrogen) atoms. The van der Waals surface area contributed by atoms with Crippen LogP contribution in [0.1, 0.15) is 84.5 Å². The van der Waals surface area contributed by atoms with Crippen molar-refractivity contribution in [3.05, 3.63) is 0 Å². The molecule has 0 amide bonds. The van der Waals surface area contributed by atoms with Crippen LogP contribution in [-0.4, -0.2) is 34.9 Å². The number of rotatable bonds is 16. The van der Waals surface area contributed by atoms with Gasteiger partial charge in [-0.2, -0.15) is 0 Å². The molecule has 2 N–H and O–H groups in total. The van der Waals surface area contributed by atoms with Gasteiger partial charge in [0.15, 0.2) is 0 Å². The number of nitrogens with one attached hydrogen (secondary N) is 1. The van der Waals surface area contributed by atoms with Gasteiger partial charge in [-0.1, -0.05) is 64.7 Å². The molecule has 0 aromatic heterocycles. The minimum Gasteiger partial charge on any atom is -0.480 e. The number of carboxylic acid groups (broad SMARTS) is 1. The number of carbonyl (C=O) groups is 1. The van der Waals surface area contributed by atoms with E-state index in [1.54, 1.807) is 0 Å². The van der Waals surface area contributed by atoms with Gasteiger partial charge >= 0.3 is 5.97 Å². The Bertz CT molecular complexity index is 344. The highest BCUT2D eigenvalue weighted by molar-refractivity contribution is 7.78. The molecule has 0 aliphatic heterocycles. The van der Waals surface area contributed by atoms with E-state index < -0.39 is 12.0 Å². The van der Waals surface area contributed by atoms with Crippen LogP contribution in [0.5, 0.6) is 0 Å². The summed E-state index contributed by atoms with van der Waals surface area (Å²) in [6.45, 7) is 4.72. The van der Waals surface area contributed by atoms with Crippen molar-refractivity contribution in [2.45, 2.75) is 96.6 Å². The Balaban J connectivity index is 3.65. The largest absolute Gasteiger partial charge is 0.480 e. The van der Waals surface area contributed by atoms with Crippen LogP contribution < -0.4 is 5.32 Å². The maximum Gasteiger partial charge on any atom is 0.320 e. The number of nitrogens with zero attached hydrogens (tertiary/aromatic N) is 1. The van der Waals surface area contributed by atoms with Crippen molar-refractivity contribution in [1.82, 2.24) is 5.32 Å². The summed E-state index contributed by atoms with van der Waals surface area (Å²) < 4.78 is 0. The summed E-state index contributed by atoms with van der Waals surface area (Å²) in [7, 11) is 0. The molecule has 134 valence electrons. The molecule has 5 heteroatoms. The molecule has 4 nitrogen and oxygen atoms in total. The van der Waals surface area contributed by atoms with Gasteiger partial charge in [-0.25, -0.2) is 4.99 Å². The second-order valence-electron chi connectivity index (χ2n) is 6.34. The zero-order valence-corrected chi connectivity index (χ0v) is 15.7. The van der Waals surface area contributed by atoms with Crippen molar-refractivity contribution in [3.8, 4) is 0 Å². The Morgan fingerprint density at radius 2 is 1.65 bits per heavy atom. The first-order valence-electron chi connectivity index (χ1n) is 9.14. The van der Waals surface area contributed by atoms with Gasteiger partial charge in [0.25, 0.3) is 0 Å². The highest BCUT2D eigenvalue weighted by Gasteiger charge is 2.18. The fraction of sp³-hybridized carbons (Fsp3) is 0.889. The third kappa shape index (κ3) is 14.5. The van der Waals surface area contributed by atoms with Crippen LogP contribution >= 0.6 is 12.2 Å². The lowest BCUT2D eigenvalue weighted by Gasteiger charge is -2.19. The predicted octanol–water partition coefficient (Wildman–Crippen LogP) is 4.83. The van der Waals surface area contributed by atoms with Crippen LogP contribution in [0.2, 0.25) is 0 Å². The number of aliphatic imine (C=N–C) groups is 1. The highest BCUT2D eigenvalue weighted by Crippen LogP contribution is 2.11. The molecule has 0 heterocycles. The molecule has 0 radical (unpaired) electrons. The Morgan fingerprint density at radius 3 is 2.17 bits per heavy atom. The minimum atomic E-state index is -0.816. The van der Waals surface area contributed by atoms with Crippen molar-refractivity contribution in [1.29, 1.82) is 0 Å². The number of thiocarbonyl (C=S) groups is 1. The molecular formula is C18H34N2O2S. The molecule has 0 aromatic rings. The molecule has 0 saturated carbocycles. The van der Waals surface area contributed by atoms with E-state index in [0.717, 1.165) is 12.8 Å². The average molecular weight is 343 g/mol. The van der Waals surface area contributed by atoms with Crippen molar-refractivity contribution in [2.75, 3.05) is 6.54 Å². The van der Waals surface area contributed by atoms with Crippen molar-refractivity contribution < 1.29 is 9.90 Å². The summed E-state index contributed by atoms with van der Waals surface area (Å²) in [5, 5.41) is 14.7. The first kappa shape index (κ1) is 22.2. The van der Waals surface area contributed by atoms with E-state index in [1.165, 1.54) is 51.4 Å².